The Balaban J connectivity index is 2.34. The molecule has 1 aliphatic heterocycles. The molecule has 2 amide bonds. The summed E-state index contributed by atoms with van der Waals surface area (Å²) in [6.45, 7) is 6.87. The van der Waals surface area contributed by atoms with Gasteiger partial charge in [-0.25, -0.2) is 4.79 Å². The zero-order valence-corrected chi connectivity index (χ0v) is 16.3. The van der Waals surface area contributed by atoms with Crippen molar-refractivity contribution >= 4 is 29.3 Å². The molecule has 138 valence electrons. The average Bonchev–Trinajstić information content (AvgIpc) is 2.60. The molecule has 0 radical (unpaired) electrons. The minimum atomic E-state index is -0.617. The van der Waals surface area contributed by atoms with Crippen molar-refractivity contribution < 1.29 is 14.3 Å². The second-order valence-corrected chi connectivity index (χ2v) is 7.84. The van der Waals surface area contributed by atoms with Gasteiger partial charge in [0.2, 0.25) is 5.91 Å². The molecule has 0 bridgehead atoms. The van der Waals surface area contributed by atoms with Crippen LogP contribution in [-0.2, 0) is 16.1 Å². The fraction of sp³-hybridized carbons (Fsp3) is 0.556. The van der Waals surface area contributed by atoms with Crippen molar-refractivity contribution in [3.8, 4) is 0 Å². The van der Waals surface area contributed by atoms with Crippen molar-refractivity contribution in [1.29, 1.82) is 0 Å². The number of fused-ring (bicyclic) bond motifs is 1. The summed E-state index contributed by atoms with van der Waals surface area (Å²) in [6.07, 6.45) is -0.499. The van der Waals surface area contributed by atoms with Crippen LogP contribution in [0, 0.1) is 0 Å². The highest BCUT2D eigenvalue weighted by molar-refractivity contribution is 6.34. The molecule has 0 unspecified atom stereocenters. The predicted molar refractivity (Wildman–Crippen MR) is 99.0 cm³/mol. The van der Waals surface area contributed by atoms with Gasteiger partial charge in [-0.3, -0.25) is 9.69 Å². The van der Waals surface area contributed by atoms with Crippen LogP contribution >= 0.6 is 11.6 Å². The number of anilines is 1. The number of carbonyl (C=O) groups excluding carboxylic acids is 2. The van der Waals surface area contributed by atoms with Gasteiger partial charge in [-0.05, 0) is 46.5 Å². The van der Waals surface area contributed by atoms with Crippen LogP contribution < -0.4 is 4.90 Å². The highest BCUT2D eigenvalue weighted by Crippen LogP contribution is 2.33. The third-order valence-electron chi connectivity index (χ3n) is 3.75. The van der Waals surface area contributed by atoms with Crippen LogP contribution in [0.25, 0.3) is 0 Å². The van der Waals surface area contributed by atoms with E-state index in [1.54, 1.807) is 31.7 Å². The van der Waals surface area contributed by atoms with E-state index in [1.165, 1.54) is 4.90 Å². The van der Waals surface area contributed by atoms with E-state index in [0.29, 0.717) is 23.8 Å². The van der Waals surface area contributed by atoms with Gasteiger partial charge in [0.25, 0.3) is 0 Å². The largest absolute Gasteiger partial charge is 0.444 e. The number of ether oxygens (including phenoxy) is 1. The number of amides is 2. The van der Waals surface area contributed by atoms with Crippen molar-refractivity contribution in [2.24, 2.45) is 0 Å². The normalized spacial score (nSPS) is 15.2. The lowest BCUT2D eigenvalue weighted by Gasteiger charge is -2.26. The summed E-state index contributed by atoms with van der Waals surface area (Å²) >= 11 is 6.38. The topological polar surface area (TPSA) is 53.1 Å². The second kappa shape index (κ2) is 7.62. The zero-order chi connectivity index (χ0) is 18.8. The van der Waals surface area contributed by atoms with Crippen LogP contribution in [0.4, 0.5) is 10.5 Å². The van der Waals surface area contributed by atoms with Crippen LogP contribution in [0.5, 0.6) is 0 Å². The number of carbonyl (C=O) groups is 2. The summed E-state index contributed by atoms with van der Waals surface area (Å²) in [5.41, 5.74) is 0.902. The molecule has 0 atom stereocenters. The van der Waals surface area contributed by atoms with Crippen LogP contribution in [0.3, 0.4) is 0 Å². The Kier molecular flexibility index (Phi) is 5.95. The molecule has 0 aliphatic carbocycles. The van der Waals surface area contributed by atoms with Crippen LogP contribution in [0.15, 0.2) is 18.2 Å². The first-order valence-corrected chi connectivity index (χ1v) is 8.66. The molecule has 1 aromatic rings. The molecule has 0 N–H and O–H groups in total. The lowest BCUT2D eigenvalue weighted by atomic mass is 10.1. The summed E-state index contributed by atoms with van der Waals surface area (Å²) in [6, 6.07) is 5.48. The average molecular weight is 368 g/mol. The molecule has 1 aromatic carbocycles. The number of rotatable bonds is 3. The van der Waals surface area contributed by atoms with E-state index in [4.69, 9.17) is 16.3 Å². The molecule has 0 spiro atoms. The lowest BCUT2D eigenvalue weighted by Crippen LogP contribution is -2.43. The molecule has 1 heterocycles. The molecule has 0 aromatic heterocycles. The monoisotopic (exact) mass is 367 g/mol. The number of likely N-dealkylation sites (N-methyl/N-ethyl adjacent to an activating group) is 1. The van der Waals surface area contributed by atoms with E-state index in [2.05, 4.69) is 0 Å². The van der Waals surface area contributed by atoms with E-state index < -0.39 is 11.7 Å². The van der Waals surface area contributed by atoms with Gasteiger partial charge in [0.1, 0.15) is 12.1 Å². The Labute approximate surface area is 154 Å². The number of halogens is 1. The van der Waals surface area contributed by atoms with E-state index in [-0.39, 0.29) is 19.0 Å². The van der Waals surface area contributed by atoms with Crippen molar-refractivity contribution in [3.63, 3.8) is 0 Å². The second-order valence-electron chi connectivity index (χ2n) is 7.43. The maximum Gasteiger partial charge on any atom is 0.411 e. The van der Waals surface area contributed by atoms with Crippen LogP contribution in [0.1, 0.15) is 26.3 Å². The molecule has 0 fully saturated rings. The molecule has 7 heteroatoms. The summed E-state index contributed by atoms with van der Waals surface area (Å²) in [7, 11) is 3.89. The highest BCUT2D eigenvalue weighted by Gasteiger charge is 2.32. The lowest BCUT2D eigenvalue weighted by molar-refractivity contribution is -0.119. The van der Waals surface area contributed by atoms with Gasteiger partial charge in [-0.15, -0.1) is 0 Å². The Morgan fingerprint density at radius 3 is 2.56 bits per heavy atom. The molecule has 25 heavy (non-hydrogen) atoms. The Morgan fingerprint density at radius 2 is 1.96 bits per heavy atom. The molecule has 6 nitrogen and oxygen atoms in total. The van der Waals surface area contributed by atoms with Crippen LogP contribution in [0.2, 0.25) is 5.02 Å². The highest BCUT2D eigenvalue weighted by atomic mass is 35.5. The third-order valence-corrected chi connectivity index (χ3v) is 4.06. The van der Waals surface area contributed by atoms with Crippen molar-refractivity contribution in [3.05, 3.63) is 28.8 Å². The first-order valence-electron chi connectivity index (χ1n) is 8.29. The molecular formula is C18H26ClN3O3. The number of para-hydroxylation sites is 1. The standard InChI is InChI=1S/C18H26ClN3O3/c1-18(2,3)25-17(24)21-11-13-7-6-8-14(19)16(13)22(15(23)12-21)10-9-20(4)5/h6-8H,9-12H2,1-5H3. The number of hydrogen-bond donors (Lipinski definition) is 0. The molecule has 0 saturated carbocycles. The van der Waals surface area contributed by atoms with Crippen molar-refractivity contribution in [2.75, 3.05) is 38.6 Å². The third kappa shape index (κ3) is 5.09. The van der Waals surface area contributed by atoms with E-state index in [9.17, 15) is 9.59 Å². The Hall–Kier alpha value is -1.79. The van der Waals surface area contributed by atoms with Gasteiger partial charge in [0.05, 0.1) is 17.3 Å². The van der Waals surface area contributed by atoms with E-state index in [1.807, 2.05) is 31.1 Å². The smallest absolute Gasteiger partial charge is 0.411 e. The quantitative estimate of drug-likeness (QED) is 0.824. The molecule has 0 saturated heterocycles. The summed E-state index contributed by atoms with van der Waals surface area (Å²) in [5.74, 6) is -0.167. The van der Waals surface area contributed by atoms with Gasteiger partial charge < -0.3 is 14.5 Å². The fourth-order valence-corrected chi connectivity index (χ4v) is 2.91. The number of nitrogens with zero attached hydrogens (tertiary/aromatic N) is 3. The maximum atomic E-state index is 12.8. The van der Waals surface area contributed by atoms with Crippen molar-refractivity contribution in [2.45, 2.75) is 32.9 Å². The fourth-order valence-electron chi connectivity index (χ4n) is 2.62. The van der Waals surface area contributed by atoms with Gasteiger partial charge >= 0.3 is 6.09 Å². The summed E-state index contributed by atoms with van der Waals surface area (Å²) < 4.78 is 5.43. The predicted octanol–water partition coefficient (Wildman–Crippen LogP) is 2.99. The SMILES string of the molecule is CN(C)CCN1C(=O)CN(C(=O)OC(C)(C)C)Cc2cccc(Cl)c21. The zero-order valence-electron chi connectivity index (χ0n) is 15.5. The maximum absolute atomic E-state index is 12.8. The molecule has 1 aliphatic rings. The first kappa shape index (κ1) is 19.5. The summed E-state index contributed by atoms with van der Waals surface area (Å²) in [4.78, 5) is 30.4. The Morgan fingerprint density at radius 1 is 1.28 bits per heavy atom. The minimum absolute atomic E-state index is 0.0344. The molecule has 2 rings (SSSR count). The van der Waals surface area contributed by atoms with Gasteiger partial charge in [-0.2, -0.15) is 0 Å². The molecular weight excluding hydrogens is 342 g/mol. The Bertz CT molecular complexity index is 655. The van der Waals surface area contributed by atoms with Crippen molar-refractivity contribution in [1.82, 2.24) is 9.80 Å². The number of benzene rings is 1. The van der Waals surface area contributed by atoms with Gasteiger partial charge in [-0.1, -0.05) is 23.7 Å². The van der Waals surface area contributed by atoms with Crippen LogP contribution in [-0.4, -0.2) is 61.1 Å². The van der Waals surface area contributed by atoms with E-state index >= 15 is 0 Å². The summed E-state index contributed by atoms with van der Waals surface area (Å²) in [5, 5.41) is 0.510. The first-order chi connectivity index (χ1) is 11.6. The van der Waals surface area contributed by atoms with E-state index in [0.717, 1.165) is 5.56 Å². The number of hydrogen-bond acceptors (Lipinski definition) is 4. The van der Waals surface area contributed by atoms with Gasteiger partial charge in [0, 0.05) is 13.1 Å². The van der Waals surface area contributed by atoms with Gasteiger partial charge in [0.15, 0.2) is 0 Å². The minimum Gasteiger partial charge on any atom is -0.444 e.